The van der Waals surface area contributed by atoms with E-state index < -0.39 is 10.0 Å². The molecule has 1 aliphatic carbocycles. The lowest BCUT2D eigenvalue weighted by molar-refractivity contribution is 0.321. The minimum Gasteiger partial charge on any atom is -0.397 e. The summed E-state index contributed by atoms with van der Waals surface area (Å²) in [7, 11) is 1.61. The van der Waals surface area contributed by atoms with Gasteiger partial charge in [-0.15, -0.1) is 0 Å². The van der Waals surface area contributed by atoms with E-state index in [9.17, 15) is 8.42 Å². The third-order valence-electron chi connectivity index (χ3n) is 3.95. The highest BCUT2D eigenvalue weighted by molar-refractivity contribution is 7.89. The van der Waals surface area contributed by atoms with Gasteiger partial charge in [-0.3, -0.25) is 0 Å². The van der Waals surface area contributed by atoms with Gasteiger partial charge in [0, 0.05) is 27.7 Å². The normalized spacial score (nSPS) is 16.2. The molecule has 0 aromatic heterocycles. The van der Waals surface area contributed by atoms with Gasteiger partial charge in [0.2, 0.25) is 10.0 Å². The summed E-state index contributed by atoms with van der Waals surface area (Å²) >= 11 is 0. The number of rotatable bonds is 5. The number of nitrogen functional groups attached to an aromatic ring is 1. The lowest BCUT2D eigenvalue weighted by Gasteiger charge is -2.32. The first-order valence-corrected chi connectivity index (χ1v) is 8.29. The van der Waals surface area contributed by atoms with Gasteiger partial charge in [0.1, 0.15) is 0 Å². The molecule has 112 valence electrons. The standard InChI is InChI=1S/C14H23N3O2S/c1-16(2)20(18,19)12-7-8-14(13(15)9-12)17(3)10-11-5-4-6-11/h7-9,11H,4-6,10,15H2,1-3H3. The van der Waals surface area contributed by atoms with Crippen molar-refractivity contribution < 1.29 is 8.42 Å². The van der Waals surface area contributed by atoms with Crippen LogP contribution in [0.15, 0.2) is 23.1 Å². The molecule has 20 heavy (non-hydrogen) atoms. The van der Waals surface area contributed by atoms with Gasteiger partial charge in [0.25, 0.3) is 0 Å². The highest BCUT2D eigenvalue weighted by Crippen LogP contribution is 2.31. The fraction of sp³-hybridized carbons (Fsp3) is 0.571. The SMILES string of the molecule is CN(CC1CCC1)c1ccc(S(=O)(=O)N(C)C)cc1N. The molecule has 0 heterocycles. The zero-order valence-electron chi connectivity index (χ0n) is 12.3. The molecule has 5 nitrogen and oxygen atoms in total. The van der Waals surface area contributed by atoms with Crippen molar-refractivity contribution >= 4 is 21.4 Å². The second kappa shape index (κ2) is 5.61. The van der Waals surface area contributed by atoms with Gasteiger partial charge < -0.3 is 10.6 Å². The second-order valence-electron chi connectivity index (χ2n) is 5.69. The van der Waals surface area contributed by atoms with Crippen LogP contribution in [-0.2, 0) is 10.0 Å². The molecule has 0 unspecified atom stereocenters. The van der Waals surface area contributed by atoms with Crippen LogP contribution in [0.2, 0.25) is 0 Å². The molecule has 0 bridgehead atoms. The van der Waals surface area contributed by atoms with Crippen molar-refractivity contribution in [3.63, 3.8) is 0 Å². The Morgan fingerprint density at radius 3 is 2.35 bits per heavy atom. The average Bonchev–Trinajstić information content (AvgIpc) is 2.33. The molecule has 1 aliphatic rings. The summed E-state index contributed by atoms with van der Waals surface area (Å²) in [6.07, 6.45) is 3.86. The van der Waals surface area contributed by atoms with Crippen LogP contribution in [0.3, 0.4) is 0 Å². The Morgan fingerprint density at radius 2 is 1.90 bits per heavy atom. The maximum Gasteiger partial charge on any atom is 0.242 e. The van der Waals surface area contributed by atoms with E-state index in [-0.39, 0.29) is 4.90 Å². The predicted octanol–water partition coefficient (Wildman–Crippen LogP) is 1.76. The number of sulfonamides is 1. The number of nitrogens with two attached hydrogens (primary N) is 1. The van der Waals surface area contributed by atoms with Gasteiger partial charge in [-0.05, 0) is 37.0 Å². The van der Waals surface area contributed by atoms with Crippen molar-refractivity contribution in [1.29, 1.82) is 0 Å². The number of benzene rings is 1. The van der Waals surface area contributed by atoms with E-state index >= 15 is 0 Å². The molecule has 6 heteroatoms. The fourth-order valence-corrected chi connectivity index (χ4v) is 3.35. The third-order valence-corrected chi connectivity index (χ3v) is 5.76. The number of anilines is 2. The Labute approximate surface area is 121 Å². The Hall–Kier alpha value is -1.27. The van der Waals surface area contributed by atoms with E-state index in [2.05, 4.69) is 4.90 Å². The molecule has 2 rings (SSSR count). The summed E-state index contributed by atoms with van der Waals surface area (Å²) in [6.45, 7) is 0.976. The van der Waals surface area contributed by atoms with Crippen LogP contribution in [-0.4, -0.2) is 40.4 Å². The summed E-state index contributed by atoms with van der Waals surface area (Å²) in [5, 5.41) is 0. The Bertz CT molecular complexity index is 580. The number of hydrogen-bond acceptors (Lipinski definition) is 4. The molecule has 0 atom stereocenters. The van der Waals surface area contributed by atoms with Gasteiger partial charge >= 0.3 is 0 Å². The molecule has 0 spiro atoms. The van der Waals surface area contributed by atoms with Crippen LogP contribution in [0.25, 0.3) is 0 Å². The zero-order valence-corrected chi connectivity index (χ0v) is 13.2. The molecule has 0 aliphatic heterocycles. The topological polar surface area (TPSA) is 66.6 Å². The summed E-state index contributed by atoms with van der Waals surface area (Å²) in [5.41, 5.74) is 7.44. The molecule has 1 saturated carbocycles. The summed E-state index contributed by atoms with van der Waals surface area (Å²) in [4.78, 5) is 2.35. The first-order chi connectivity index (χ1) is 9.32. The maximum atomic E-state index is 12.1. The molecule has 0 saturated heterocycles. The van der Waals surface area contributed by atoms with Crippen molar-refractivity contribution in [2.45, 2.75) is 24.2 Å². The lowest BCUT2D eigenvalue weighted by atomic mass is 9.85. The first-order valence-electron chi connectivity index (χ1n) is 6.85. The molecule has 1 fully saturated rings. The zero-order chi connectivity index (χ0) is 14.9. The molecular weight excluding hydrogens is 274 g/mol. The van der Waals surface area contributed by atoms with E-state index in [1.807, 2.05) is 7.05 Å². The first kappa shape index (κ1) is 15.1. The highest BCUT2D eigenvalue weighted by Gasteiger charge is 2.22. The fourth-order valence-electron chi connectivity index (χ4n) is 2.41. The Balaban J connectivity index is 2.21. The largest absolute Gasteiger partial charge is 0.397 e. The molecule has 2 N–H and O–H groups in total. The van der Waals surface area contributed by atoms with Crippen molar-refractivity contribution in [2.75, 3.05) is 38.3 Å². The van der Waals surface area contributed by atoms with E-state index in [0.717, 1.165) is 18.2 Å². The van der Waals surface area contributed by atoms with Crippen molar-refractivity contribution in [3.05, 3.63) is 18.2 Å². The van der Waals surface area contributed by atoms with Gasteiger partial charge in [0.05, 0.1) is 16.3 Å². The van der Waals surface area contributed by atoms with E-state index in [1.165, 1.54) is 37.7 Å². The quantitative estimate of drug-likeness (QED) is 0.841. The number of nitrogens with zero attached hydrogens (tertiary/aromatic N) is 2. The van der Waals surface area contributed by atoms with Crippen LogP contribution < -0.4 is 10.6 Å². The minimum absolute atomic E-state index is 0.237. The van der Waals surface area contributed by atoms with E-state index in [1.54, 1.807) is 18.2 Å². The van der Waals surface area contributed by atoms with Gasteiger partial charge in [0.15, 0.2) is 0 Å². The molecule has 0 amide bonds. The van der Waals surface area contributed by atoms with Gasteiger partial charge in [-0.1, -0.05) is 6.42 Å². The minimum atomic E-state index is -3.42. The monoisotopic (exact) mass is 297 g/mol. The molecular formula is C14H23N3O2S. The smallest absolute Gasteiger partial charge is 0.242 e. The molecule has 1 aromatic carbocycles. The van der Waals surface area contributed by atoms with Crippen molar-refractivity contribution in [1.82, 2.24) is 4.31 Å². The van der Waals surface area contributed by atoms with Crippen LogP contribution in [0.4, 0.5) is 11.4 Å². The summed E-state index contributed by atoms with van der Waals surface area (Å²) in [5.74, 6) is 0.740. The average molecular weight is 297 g/mol. The third kappa shape index (κ3) is 2.91. The number of hydrogen-bond donors (Lipinski definition) is 1. The van der Waals surface area contributed by atoms with Crippen molar-refractivity contribution in [2.24, 2.45) is 5.92 Å². The van der Waals surface area contributed by atoms with Crippen LogP contribution in [0, 0.1) is 5.92 Å². The van der Waals surface area contributed by atoms with E-state index in [4.69, 9.17) is 5.73 Å². The summed E-state index contributed by atoms with van der Waals surface area (Å²) < 4.78 is 25.3. The molecule has 1 aromatic rings. The molecule has 0 radical (unpaired) electrons. The predicted molar refractivity (Wildman–Crippen MR) is 82.3 cm³/mol. The summed E-state index contributed by atoms with van der Waals surface area (Å²) in [6, 6.07) is 4.96. The van der Waals surface area contributed by atoms with Gasteiger partial charge in [-0.2, -0.15) is 0 Å². The van der Waals surface area contributed by atoms with Gasteiger partial charge in [-0.25, -0.2) is 12.7 Å². The lowest BCUT2D eigenvalue weighted by Crippen LogP contribution is -2.30. The van der Waals surface area contributed by atoms with Crippen LogP contribution in [0.5, 0.6) is 0 Å². The Kier molecular flexibility index (Phi) is 4.25. The van der Waals surface area contributed by atoms with Crippen molar-refractivity contribution in [3.8, 4) is 0 Å². The van der Waals surface area contributed by atoms with E-state index in [0.29, 0.717) is 5.69 Å². The van der Waals surface area contributed by atoms with Crippen LogP contribution >= 0.6 is 0 Å². The van der Waals surface area contributed by atoms with Crippen LogP contribution in [0.1, 0.15) is 19.3 Å². The maximum absolute atomic E-state index is 12.1. The Morgan fingerprint density at radius 1 is 1.25 bits per heavy atom. The highest BCUT2D eigenvalue weighted by atomic mass is 32.2. The second-order valence-corrected chi connectivity index (χ2v) is 7.84.